The maximum Gasteiger partial charge on any atom is 0.0482 e. The quantitative estimate of drug-likeness (QED) is 0.708. The Kier molecular flexibility index (Phi) is 6.97. The molecule has 1 aliphatic carbocycles. The molecule has 0 spiro atoms. The molecule has 2 aliphatic rings. The van der Waals surface area contributed by atoms with Crippen LogP contribution in [0.5, 0.6) is 0 Å². The van der Waals surface area contributed by atoms with Crippen LogP contribution in [0.2, 0.25) is 0 Å². The number of hydrogen-bond donors (Lipinski definition) is 2. The molecule has 2 N–H and O–H groups in total. The number of nitrogens with zero attached hydrogens (tertiary/aromatic N) is 1. The van der Waals surface area contributed by atoms with Crippen LogP contribution in [0.3, 0.4) is 0 Å². The van der Waals surface area contributed by atoms with E-state index < -0.39 is 0 Å². The summed E-state index contributed by atoms with van der Waals surface area (Å²) in [5, 5.41) is 13.0. The van der Waals surface area contributed by atoms with Crippen molar-refractivity contribution in [2.24, 2.45) is 5.41 Å². The predicted octanol–water partition coefficient (Wildman–Crippen LogP) is 3.17. The lowest BCUT2D eigenvalue weighted by Gasteiger charge is -2.39. The fourth-order valence-electron chi connectivity index (χ4n) is 3.87. The van der Waals surface area contributed by atoms with E-state index in [1.165, 1.54) is 64.5 Å². The molecule has 2 rings (SSSR count). The first kappa shape index (κ1) is 17.2. The predicted molar refractivity (Wildman–Crippen MR) is 89.6 cm³/mol. The molecule has 0 aromatic rings. The van der Waals surface area contributed by atoms with Gasteiger partial charge < -0.3 is 15.3 Å². The van der Waals surface area contributed by atoms with E-state index >= 15 is 0 Å². The van der Waals surface area contributed by atoms with Crippen molar-refractivity contribution in [3.8, 4) is 0 Å². The van der Waals surface area contributed by atoms with Gasteiger partial charge in [0.05, 0.1) is 0 Å². The van der Waals surface area contributed by atoms with Crippen molar-refractivity contribution in [2.45, 2.75) is 83.7 Å². The molecule has 2 fully saturated rings. The van der Waals surface area contributed by atoms with E-state index in [-0.39, 0.29) is 5.41 Å². The number of rotatable bonds is 7. The molecule has 0 aromatic heterocycles. The Morgan fingerprint density at radius 1 is 1.05 bits per heavy atom. The largest absolute Gasteiger partial charge is 0.396 e. The molecule has 3 nitrogen and oxygen atoms in total. The van der Waals surface area contributed by atoms with Gasteiger partial charge in [-0.1, -0.05) is 33.1 Å². The summed E-state index contributed by atoms with van der Waals surface area (Å²) < 4.78 is 0. The molecule has 0 bridgehead atoms. The number of nitrogens with one attached hydrogen (secondary N) is 1. The number of aliphatic hydroxyl groups is 1. The molecule has 1 saturated carbocycles. The smallest absolute Gasteiger partial charge is 0.0482 e. The van der Waals surface area contributed by atoms with Gasteiger partial charge in [-0.05, 0) is 63.6 Å². The molecular weight excluding hydrogens is 260 g/mol. The van der Waals surface area contributed by atoms with Gasteiger partial charge in [0.15, 0.2) is 0 Å². The van der Waals surface area contributed by atoms with Gasteiger partial charge in [0.1, 0.15) is 0 Å². The molecule has 1 aliphatic heterocycles. The minimum absolute atomic E-state index is 0.0893. The molecule has 1 heterocycles. The third kappa shape index (κ3) is 5.88. The lowest BCUT2D eigenvalue weighted by Crippen LogP contribution is -2.47. The summed E-state index contributed by atoms with van der Waals surface area (Å²) in [7, 11) is 0. The first-order valence-corrected chi connectivity index (χ1v) is 9.19. The zero-order valence-corrected chi connectivity index (χ0v) is 14.2. The van der Waals surface area contributed by atoms with E-state index in [0.29, 0.717) is 6.61 Å². The van der Waals surface area contributed by atoms with Crippen molar-refractivity contribution in [3.05, 3.63) is 0 Å². The van der Waals surface area contributed by atoms with Gasteiger partial charge in [-0.3, -0.25) is 0 Å². The van der Waals surface area contributed by atoms with Crippen LogP contribution in [0.25, 0.3) is 0 Å². The van der Waals surface area contributed by atoms with Gasteiger partial charge in [0.2, 0.25) is 0 Å². The van der Waals surface area contributed by atoms with E-state index in [1.807, 2.05) is 0 Å². The topological polar surface area (TPSA) is 35.5 Å². The summed E-state index contributed by atoms with van der Waals surface area (Å²) in [5.74, 6) is 0. The van der Waals surface area contributed by atoms with Gasteiger partial charge in [-0.2, -0.15) is 0 Å². The Labute approximate surface area is 131 Å². The van der Waals surface area contributed by atoms with Gasteiger partial charge in [0.25, 0.3) is 0 Å². The minimum atomic E-state index is 0.0893. The zero-order valence-electron chi connectivity index (χ0n) is 14.2. The zero-order chi connectivity index (χ0) is 15.1. The van der Waals surface area contributed by atoms with Crippen molar-refractivity contribution in [1.82, 2.24) is 10.2 Å². The number of hydrogen-bond acceptors (Lipinski definition) is 3. The second-order valence-electron chi connectivity index (χ2n) is 7.98. The fraction of sp³-hybridized carbons (Fsp3) is 1.00. The molecule has 0 amide bonds. The van der Waals surface area contributed by atoms with Crippen LogP contribution in [-0.4, -0.2) is 48.3 Å². The SMILES string of the molecule is CC(C)(CO)CCCNC1CCN(C2CCCCC2)CC1. The Balaban J connectivity index is 1.56. The van der Waals surface area contributed by atoms with Gasteiger partial charge in [0, 0.05) is 18.7 Å². The van der Waals surface area contributed by atoms with E-state index in [2.05, 4.69) is 24.1 Å². The van der Waals surface area contributed by atoms with Crippen LogP contribution in [0, 0.1) is 5.41 Å². The summed E-state index contributed by atoms with van der Waals surface area (Å²) in [6, 6.07) is 1.62. The third-order valence-electron chi connectivity index (χ3n) is 5.51. The second kappa shape index (κ2) is 8.50. The van der Waals surface area contributed by atoms with Crippen molar-refractivity contribution in [1.29, 1.82) is 0 Å². The highest BCUT2D eigenvalue weighted by Crippen LogP contribution is 2.25. The first-order chi connectivity index (χ1) is 10.1. The highest BCUT2D eigenvalue weighted by Gasteiger charge is 2.25. The average molecular weight is 296 g/mol. The second-order valence-corrected chi connectivity index (χ2v) is 7.98. The summed E-state index contributed by atoms with van der Waals surface area (Å²) in [4.78, 5) is 2.76. The number of aliphatic hydroxyl groups excluding tert-OH is 1. The number of likely N-dealkylation sites (tertiary alicyclic amines) is 1. The molecule has 0 unspecified atom stereocenters. The van der Waals surface area contributed by atoms with Crippen LogP contribution in [0.15, 0.2) is 0 Å². The Morgan fingerprint density at radius 2 is 1.71 bits per heavy atom. The summed E-state index contributed by atoms with van der Waals surface area (Å²) in [6.45, 7) is 8.30. The van der Waals surface area contributed by atoms with Crippen molar-refractivity contribution in [2.75, 3.05) is 26.2 Å². The molecule has 0 aromatic carbocycles. The van der Waals surface area contributed by atoms with E-state index in [4.69, 9.17) is 0 Å². The molecule has 1 saturated heterocycles. The summed E-state index contributed by atoms with van der Waals surface area (Å²) in [5.41, 5.74) is 0.0893. The molecule has 3 heteroatoms. The van der Waals surface area contributed by atoms with Crippen molar-refractivity contribution < 1.29 is 5.11 Å². The maximum atomic E-state index is 9.27. The maximum absolute atomic E-state index is 9.27. The van der Waals surface area contributed by atoms with Crippen LogP contribution < -0.4 is 5.32 Å². The highest BCUT2D eigenvalue weighted by molar-refractivity contribution is 4.83. The van der Waals surface area contributed by atoms with Crippen LogP contribution in [-0.2, 0) is 0 Å². The highest BCUT2D eigenvalue weighted by atomic mass is 16.3. The molecule has 124 valence electrons. The molecule has 0 atom stereocenters. The Morgan fingerprint density at radius 3 is 2.33 bits per heavy atom. The van der Waals surface area contributed by atoms with Crippen molar-refractivity contribution >= 4 is 0 Å². The fourth-order valence-corrected chi connectivity index (χ4v) is 3.87. The van der Waals surface area contributed by atoms with Gasteiger partial charge in [-0.15, -0.1) is 0 Å². The third-order valence-corrected chi connectivity index (χ3v) is 5.51. The normalized spacial score (nSPS) is 23.6. The van der Waals surface area contributed by atoms with E-state index in [1.54, 1.807) is 0 Å². The average Bonchev–Trinajstić information content (AvgIpc) is 2.53. The molecular formula is C18H36N2O. The van der Waals surface area contributed by atoms with Crippen molar-refractivity contribution in [3.63, 3.8) is 0 Å². The monoisotopic (exact) mass is 296 g/mol. The summed E-state index contributed by atoms with van der Waals surface area (Å²) >= 11 is 0. The number of piperidine rings is 1. The van der Waals surface area contributed by atoms with E-state index in [0.717, 1.165) is 25.0 Å². The molecule has 21 heavy (non-hydrogen) atoms. The van der Waals surface area contributed by atoms with Gasteiger partial charge >= 0.3 is 0 Å². The van der Waals surface area contributed by atoms with Gasteiger partial charge in [-0.25, -0.2) is 0 Å². The standard InChI is InChI=1S/C18H36N2O/c1-18(2,15-21)11-6-12-19-16-9-13-20(14-10-16)17-7-4-3-5-8-17/h16-17,19,21H,3-15H2,1-2H3. The van der Waals surface area contributed by atoms with Crippen LogP contribution >= 0.6 is 0 Å². The Bertz CT molecular complexity index is 279. The van der Waals surface area contributed by atoms with Crippen LogP contribution in [0.4, 0.5) is 0 Å². The molecule has 0 radical (unpaired) electrons. The van der Waals surface area contributed by atoms with Crippen LogP contribution in [0.1, 0.15) is 71.6 Å². The van der Waals surface area contributed by atoms with E-state index in [9.17, 15) is 5.11 Å². The lowest BCUT2D eigenvalue weighted by molar-refractivity contribution is 0.114. The lowest BCUT2D eigenvalue weighted by atomic mass is 9.89. The first-order valence-electron chi connectivity index (χ1n) is 9.19. The Hall–Kier alpha value is -0.120. The summed E-state index contributed by atoms with van der Waals surface area (Å²) in [6.07, 6.45) is 12.2. The minimum Gasteiger partial charge on any atom is -0.396 e.